The van der Waals surface area contributed by atoms with Crippen molar-refractivity contribution in [3.63, 3.8) is 0 Å². The van der Waals surface area contributed by atoms with Crippen molar-refractivity contribution in [2.75, 3.05) is 13.6 Å². The Morgan fingerprint density at radius 1 is 1.30 bits per heavy atom. The first-order valence-corrected chi connectivity index (χ1v) is 9.07. The van der Waals surface area contributed by atoms with E-state index in [0.717, 1.165) is 35.7 Å². The minimum atomic E-state index is -0.294. The second-order valence-corrected chi connectivity index (χ2v) is 7.34. The molecule has 124 valence electrons. The van der Waals surface area contributed by atoms with Crippen LogP contribution < -0.4 is 0 Å². The molecular weight excluding hydrogens is 358 g/mol. The van der Waals surface area contributed by atoms with E-state index in [1.165, 1.54) is 5.56 Å². The van der Waals surface area contributed by atoms with Crippen molar-refractivity contribution in [3.05, 3.63) is 33.8 Å². The number of piperidine rings is 1. The minimum Gasteiger partial charge on any atom is -0.457 e. The van der Waals surface area contributed by atoms with Gasteiger partial charge in [0.15, 0.2) is 0 Å². The topological polar surface area (TPSA) is 46.6 Å². The summed E-state index contributed by atoms with van der Waals surface area (Å²) in [6.45, 7) is 0.630. The fourth-order valence-electron chi connectivity index (χ4n) is 3.43. The third-order valence-electron chi connectivity index (χ3n) is 4.90. The third-order valence-corrected chi connectivity index (χ3v) is 5.64. The molecule has 0 bridgehead atoms. The highest BCUT2D eigenvalue weighted by molar-refractivity contribution is 9.10. The van der Waals surface area contributed by atoms with Gasteiger partial charge in [-0.1, -0.05) is 28.1 Å². The predicted molar refractivity (Wildman–Crippen MR) is 90.9 cm³/mol. The number of halogens is 1. The first-order chi connectivity index (χ1) is 11.1. The highest BCUT2D eigenvalue weighted by Gasteiger charge is 2.32. The maximum absolute atomic E-state index is 12.5. The minimum absolute atomic E-state index is 0.0298. The molecule has 0 radical (unpaired) electrons. The summed E-state index contributed by atoms with van der Waals surface area (Å²) < 4.78 is 6.94. The summed E-state index contributed by atoms with van der Waals surface area (Å²) in [5, 5.41) is 0. The molecule has 1 fully saturated rings. The Morgan fingerprint density at radius 2 is 2.13 bits per heavy atom. The van der Waals surface area contributed by atoms with Crippen LogP contribution in [0.3, 0.4) is 0 Å². The fourth-order valence-corrected chi connectivity index (χ4v) is 4.01. The number of amides is 1. The van der Waals surface area contributed by atoms with Gasteiger partial charge in [-0.3, -0.25) is 9.59 Å². The van der Waals surface area contributed by atoms with Gasteiger partial charge in [0.1, 0.15) is 6.10 Å². The van der Waals surface area contributed by atoms with E-state index in [1.807, 2.05) is 12.1 Å². The van der Waals surface area contributed by atoms with Gasteiger partial charge in [0.05, 0.1) is 5.92 Å². The molecule has 1 aromatic rings. The molecule has 0 spiro atoms. The molecule has 0 aromatic heterocycles. The summed E-state index contributed by atoms with van der Waals surface area (Å²) in [4.78, 5) is 26.0. The largest absolute Gasteiger partial charge is 0.457 e. The lowest BCUT2D eigenvalue weighted by Crippen LogP contribution is -2.39. The number of esters is 1. The quantitative estimate of drug-likeness (QED) is 0.582. The van der Waals surface area contributed by atoms with Crippen LogP contribution >= 0.6 is 15.9 Å². The Morgan fingerprint density at radius 3 is 2.91 bits per heavy atom. The Kier molecular flexibility index (Phi) is 5.05. The van der Waals surface area contributed by atoms with Crippen LogP contribution in [0, 0.1) is 5.92 Å². The van der Waals surface area contributed by atoms with Gasteiger partial charge in [0.2, 0.25) is 5.91 Å². The van der Waals surface area contributed by atoms with Crippen molar-refractivity contribution < 1.29 is 14.3 Å². The zero-order valence-electron chi connectivity index (χ0n) is 13.4. The number of benzene rings is 1. The van der Waals surface area contributed by atoms with Gasteiger partial charge >= 0.3 is 5.97 Å². The number of carbonyl (C=O) groups excluding carboxylic acids is 2. The number of carbonyl (C=O) groups is 2. The van der Waals surface area contributed by atoms with Gasteiger partial charge in [-0.25, -0.2) is 0 Å². The van der Waals surface area contributed by atoms with Crippen LogP contribution in [0.5, 0.6) is 0 Å². The molecule has 1 heterocycles. The zero-order chi connectivity index (χ0) is 16.4. The van der Waals surface area contributed by atoms with Crippen LogP contribution in [0.15, 0.2) is 22.7 Å². The Labute approximate surface area is 145 Å². The summed E-state index contributed by atoms with van der Waals surface area (Å²) in [7, 11) is 1.78. The summed E-state index contributed by atoms with van der Waals surface area (Å²) in [5.74, 6) is -0.482. The maximum atomic E-state index is 12.5. The molecular formula is C18H22BrNO3. The van der Waals surface area contributed by atoms with Crippen LogP contribution in [0.2, 0.25) is 0 Å². The smallest absolute Gasteiger partial charge is 0.310 e. The van der Waals surface area contributed by atoms with Crippen molar-refractivity contribution >= 4 is 27.8 Å². The molecule has 1 aromatic carbocycles. The molecule has 5 heteroatoms. The lowest BCUT2D eigenvalue weighted by molar-refractivity contribution is -0.159. The second kappa shape index (κ2) is 7.04. The van der Waals surface area contributed by atoms with Crippen molar-refractivity contribution in [2.45, 2.75) is 44.6 Å². The molecule has 0 unspecified atom stereocenters. The summed E-state index contributed by atoms with van der Waals surface area (Å²) in [6, 6.07) is 6.09. The average molecular weight is 380 g/mol. The van der Waals surface area contributed by atoms with E-state index >= 15 is 0 Å². The lowest BCUT2D eigenvalue weighted by atomic mass is 9.96. The Bertz CT molecular complexity index is 616. The van der Waals surface area contributed by atoms with E-state index in [4.69, 9.17) is 4.74 Å². The highest BCUT2D eigenvalue weighted by Crippen LogP contribution is 2.36. The second-order valence-electron chi connectivity index (χ2n) is 6.48. The molecule has 4 nitrogen and oxygen atoms in total. The molecule has 2 aliphatic rings. The maximum Gasteiger partial charge on any atom is 0.310 e. The van der Waals surface area contributed by atoms with E-state index in [9.17, 15) is 9.59 Å². The summed E-state index contributed by atoms with van der Waals surface area (Å²) in [6.07, 6.45) is 4.80. The van der Waals surface area contributed by atoms with E-state index in [-0.39, 0.29) is 30.3 Å². The van der Waals surface area contributed by atoms with Gasteiger partial charge in [-0.2, -0.15) is 0 Å². The van der Waals surface area contributed by atoms with E-state index in [2.05, 4.69) is 22.0 Å². The van der Waals surface area contributed by atoms with Gasteiger partial charge in [-0.05, 0) is 49.3 Å². The first kappa shape index (κ1) is 16.5. The average Bonchev–Trinajstić information content (AvgIpc) is 2.74. The molecule has 1 aliphatic carbocycles. The number of nitrogens with zero attached hydrogens (tertiary/aromatic N) is 1. The van der Waals surface area contributed by atoms with Crippen LogP contribution in [0.25, 0.3) is 0 Å². The number of rotatable bonds is 2. The summed E-state index contributed by atoms with van der Waals surface area (Å²) >= 11 is 3.61. The number of likely N-dealkylation sites (tertiary alicyclic amines) is 1. The number of fused-ring (bicyclic) bond motifs is 1. The third kappa shape index (κ3) is 3.60. The van der Waals surface area contributed by atoms with Crippen LogP contribution in [0.4, 0.5) is 0 Å². The molecule has 3 rings (SSSR count). The molecule has 1 amide bonds. The van der Waals surface area contributed by atoms with Crippen LogP contribution in [-0.2, 0) is 20.7 Å². The van der Waals surface area contributed by atoms with Crippen LogP contribution in [0.1, 0.15) is 49.3 Å². The standard InChI is InChI=1S/C18H22BrNO3/c1-20-10-9-12(11-17(20)21)18(22)23-16-8-3-2-5-13-14(16)6-4-7-15(13)19/h4,6-7,12,16H,2-3,5,8-11H2,1H3/t12-,16+/m1/s1. The van der Waals surface area contributed by atoms with Crippen molar-refractivity contribution in [2.24, 2.45) is 5.92 Å². The van der Waals surface area contributed by atoms with Crippen molar-refractivity contribution in [1.29, 1.82) is 0 Å². The number of ether oxygens (including phenoxy) is 1. The van der Waals surface area contributed by atoms with E-state index < -0.39 is 0 Å². The van der Waals surface area contributed by atoms with Crippen molar-refractivity contribution in [1.82, 2.24) is 4.90 Å². The fraction of sp³-hybridized carbons (Fsp3) is 0.556. The number of hydrogen-bond donors (Lipinski definition) is 0. The molecule has 2 atom stereocenters. The van der Waals surface area contributed by atoms with E-state index in [1.54, 1.807) is 11.9 Å². The SMILES string of the molecule is CN1CC[C@@H](C(=O)O[C@H]2CCCCc3c(Br)cccc32)CC1=O. The Hall–Kier alpha value is -1.36. The highest BCUT2D eigenvalue weighted by atomic mass is 79.9. The van der Waals surface area contributed by atoms with Crippen molar-refractivity contribution in [3.8, 4) is 0 Å². The predicted octanol–water partition coefficient (Wildman–Crippen LogP) is 3.63. The van der Waals surface area contributed by atoms with Crippen LogP contribution in [-0.4, -0.2) is 30.4 Å². The first-order valence-electron chi connectivity index (χ1n) is 8.28. The van der Waals surface area contributed by atoms with Gasteiger partial charge in [0.25, 0.3) is 0 Å². The molecule has 1 aliphatic heterocycles. The Balaban J connectivity index is 1.74. The number of hydrogen-bond acceptors (Lipinski definition) is 3. The summed E-state index contributed by atoms with van der Waals surface area (Å²) in [5.41, 5.74) is 2.37. The normalized spacial score (nSPS) is 24.8. The molecule has 1 saturated heterocycles. The molecule has 0 N–H and O–H groups in total. The lowest BCUT2D eigenvalue weighted by Gasteiger charge is -2.29. The van der Waals surface area contributed by atoms with Gasteiger partial charge in [0, 0.05) is 24.5 Å². The zero-order valence-corrected chi connectivity index (χ0v) is 15.0. The molecule has 0 saturated carbocycles. The molecule has 23 heavy (non-hydrogen) atoms. The van der Waals surface area contributed by atoms with Gasteiger partial charge < -0.3 is 9.64 Å². The monoisotopic (exact) mass is 379 g/mol. The van der Waals surface area contributed by atoms with Gasteiger partial charge in [-0.15, -0.1) is 0 Å². The van der Waals surface area contributed by atoms with E-state index in [0.29, 0.717) is 13.0 Å².